The maximum Gasteiger partial charge on any atom is 0.340 e. The van der Waals surface area contributed by atoms with E-state index in [0.717, 1.165) is 146 Å². The predicted octanol–water partition coefficient (Wildman–Crippen LogP) is 12.6. The molecule has 4 aromatic heterocycles. The van der Waals surface area contributed by atoms with Crippen molar-refractivity contribution in [3.63, 3.8) is 0 Å². The van der Waals surface area contributed by atoms with Gasteiger partial charge >= 0.3 is 11.9 Å². The van der Waals surface area contributed by atoms with Crippen molar-refractivity contribution >= 4 is 97.8 Å². The number of benzene rings is 4. The van der Waals surface area contributed by atoms with Gasteiger partial charge in [0.05, 0.1) is 56.5 Å². The van der Waals surface area contributed by atoms with Crippen LogP contribution in [0, 0.1) is 0 Å². The number of esters is 2. The van der Waals surface area contributed by atoms with Crippen LogP contribution in [0.3, 0.4) is 0 Å². The third-order valence-corrected chi connectivity index (χ3v) is 16.8. The van der Waals surface area contributed by atoms with Crippen LogP contribution < -0.4 is 15.1 Å². The Labute approximate surface area is 479 Å². The first-order valence-electron chi connectivity index (χ1n) is 26.8. The molecule has 0 amide bonds. The lowest BCUT2D eigenvalue weighted by atomic mass is 10.0. The molecule has 4 aliphatic rings. The van der Waals surface area contributed by atoms with Crippen molar-refractivity contribution in [2.75, 3.05) is 69.8 Å². The van der Waals surface area contributed by atoms with E-state index in [2.05, 4.69) is 68.4 Å². The second-order valence-electron chi connectivity index (χ2n) is 20.9. The average Bonchev–Trinajstić information content (AvgIpc) is 4.51. The summed E-state index contributed by atoms with van der Waals surface area (Å²) in [5, 5.41) is 16.0. The van der Waals surface area contributed by atoms with E-state index >= 15 is 0 Å². The van der Waals surface area contributed by atoms with Gasteiger partial charge in [0.15, 0.2) is 0 Å². The number of fused-ring (bicyclic) bond motifs is 2. The summed E-state index contributed by atoms with van der Waals surface area (Å²) in [6.07, 6.45) is 10.1. The molecule has 6 heterocycles. The van der Waals surface area contributed by atoms with Gasteiger partial charge in [-0.15, -0.1) is 0 Å². The number of hydrogen-bond acceptors (Lipinski definition) is 13. The normalized spacial score (nSPS) is 17.5. The number of anilines is 2. The van der Waals surface area contributed by atoms with Gasteiger partial charge in [0.1, 0.15) is 29.2 Å². The number of ether oxygens (including phenoxy) is 2. The first-order valence-corrected chi connectivity index (χ1v) is 28.3. The maximum atomic E-state index is 12.2. The summed E-state index contributed by atoms with van der Waals surface area (Å²) < 4.78 is 25.1. The second-order valence-corrected chi connectivity index (χ2v) is 22.5. The van der Waals surface area contributed by atoms with E-state index < -0.39 is 0 Å². The molecule has 2 atom stereocenters. The maximum absolute atomic E-state index is 12.2. The van der Waals surface area contributed by atoms with E-state index in [1.807, 2.05) is 66.0 Å². The zero-order valence-corrected chi connectivity index (χ0v) is 48.2. The molecule has 4 aromatic carbocycles. The van der Waals surface area contributed by atoms with E-state index in [4.69, 9.17) is 64.9 Å². The second kappa shape index (κ2) is 24.2. The van der Waals surface area contributed by atoms with Crippen molar-refractivity contribution in [1.82, 2.24) is 29.7 Å². The monoisotopic (exact) mass is 1150 g/mol. The smallest absolute Gasteiger partial charge is 0.340 e. The van der Waals surface area contributed by atoms with Crippen LogP contribution in [0.1, 0.15) is 94.7 Å². The van der Waals surface area contributed by atoms with Crippen molar-refractivity contribution in [1.29, 1.82) is 0 Å². The molecule has 2 aliphatic heterocycles. The summed E-state index contributed by atoms with van der Waals surface area (Å²) in [6, 6.07) is 24.2. The molecule has 0 bridgehead atoms. The molecular formula is C60H64Cl4N8O7. The average molecular weight is 1150 g/mol. The number of aromatic nitrogens is 4. The molecular weight excluding hydrogens is 1090 g/mol. The highest BCUT2D eigenvalue weighted by Gasteiger charge is 2.35. The minimum atomic E-state index is -0.312. The van der Waals surface area contributed by atoms with Crippen LogP contribution in [-0.4, -0.2) is 115 Å². The Morgan fingerprint density at radius 1 is 0.671 bits per heavy atom. The van der Waals surface area contributed by atoms with Gasteiger partial charge in [-0.25, -0.2) is 9.59 Å². The Bertz CT molecular complexity index is 3500. The van der Waals surface area contributed by atoms with Crippen molar-refractivity contribution < 1.29 is 32.9 Å². The van der Waals surface area contributed by atoms with Crippen LogP contribution >= 0.6 is 46.4 Å². The van der Waals surface area contributed by atoms with Crippen molar-refractivity contribution in [2.24, 2.45) is 14.1 Å². The van der Waals surface area contributed by atoms with Gasteiger partial charge < -0.3 is 47.6 Å². The third kappa shape index (κ3) is 11.8. The van der Waals surface area contributed by atoms with Crippen LogP contribution in [0.4, 0.5) is 11.4 Å². The zero-order chi connectivity index (χ0) is 55.6. The van der Waals surface area contributed by atoms with E-state index in [1.165, 1.54) is 19.9 Å². The highest BCUT2D eigenvalue weighted by atomic mass is 35.5. The number of halogens is 4. The summed E-state index contributed by atoms with van der Waals surface area (Å²) in [7, 11) is 6.75. The Balaban J connectivity index is 0.000000148. The number of nitrogens with zero attached hydrogens (tertiary/aromatic N) is 7. The number of carbonyl (C=O) groups is 3. The number of piperazine rings is 2. The quantitative estimate of drug-likeness (QED) is 0.0861. The summed E-state index contributed by atoms with van der Waals surface area (Å²) in [4.78, 5) is 42.3. The molecule has 0 radical (unpaired) electrons. The Hall–Kier alpha value is -6.33. The van der Waals surface area contributed by atoms with Gasteiger partial charge in [-0.2, -0.15) is 0 Å². The highest BCUT2D eigenvalue weighted by molar-refractivity contribution is 6.39. The van der Waals surface area contributed by atoms with Crippen LogP contribution in [0.2, 0.25) is 20.1 Å². The van der Waals surface area contributed by atoms with Crippen LogP contribution in [0.5, 0.6) is 0 Å². The van der Waals surface area contributed by atoms with E-state index in [1.54, 1.807) is 18.2 Å². The van der Waals surface area contributed by atoms with Gasteiger partial charge in [-0.3, -0.25) is 4.90 Å². The molecule has 79 heavy (non-hydrogen) atoms. The number of carbonyl (C=O) groups excluding carboxylic acids is 3. The fraction of sp³-hybridized carbons (Fsp3) is 0.383. The summed E-state index contributed by atoms with van der Waals surface area (Å²) in [5.41, 5.74) is 10.4. The molecule has 1 N–H and O–H groups in total. The number of rotatable bonds is 13. The number of hydrogen-bond donors (Lipinski definition) is 1. The summed E-state index contributed by atoms with van der Waals surface area (Å²) in [6.45, 7) is 11.2. The SMILES string of the molecule is COC(=O)c1cn(C)c2cc(N3CCN(CCc4c(-c5c(Cl)cccc5Cl)noc4C4CC4)C[C@@H]3C)ccc12.COC(=O)c1cn(C)c2cc(N3CCNC[C@@H]3C)ccc12.O=CCc1c(-c2c(Cl)cccc2Cl)noc1C1CC1. The van der Waals surface area contributed by atoms with Gasteiger partial charge in [0.25, 0.3) is 0 Å². The lowest BCUT2D eigenvalue weighted by Crippen LogP contribution is -2.52. The van der Waals surface area contributed by atoms with Crippen molar-refractivity contribution in [2.45, 2.75) is 76.3 Å². The lowest BCUT2D eigenvalue weighted by Gasteiger charge is -2.41. The Kier molecular flexibility index (Phi) is 17.1. The molecule has 0 unspecified atom stereocenters. The number of aldehydes is 1. The van der Waals surface area contributed by atoms with Crippen LogP contribution in [0.25, 0.3) is 44.3 Å². The molecule has 4 fully saturated rings. The molecule has 2 saturated carbocycles. The highest BCUT2D eigenvalue weighted by Crippen LogP contribution is 2.47. The minimum Gasteiger partial charge on any atom is -0.465 e. The fourth-order valence-corrected chi connectivity index (χ4v) is 12.3. The molecule has 8 aromatic rings. The molecule has 2 aliphatic carbocycles. The molecule has 2 saturated heterocycles. The molecule has 19 heteroatoms. The van der Waals surface area contributed by atoms with Crippen molar-refractivity contribution in [3.05, 3.63) is 139 Å². The molecule has 414 valence electrons. The number of methoxy groups -OCH3 is 2. The summed E-state index contributed by atoms with van der Waals surface area (Å²) in [5.74, 6) is 2.03. The number of aryl methyl sites for hydroxylation is 2. The lowest BCUT2D eigenvalue weighted by molar-refractivity contribution is -0.107. The first-order chi connectivity index (χ1) is 38.2. The molecule has 0 spiro atoms. The van der Waals surface area contributed by atoms with Gasteiger partial charge in [-0.05, 0) is 107 Å². The first kappa shape index (κ1) is 56.0. The van der Waals surface area contributed by atoms with E-state index in [0.29, 0.717) is 66.4 Å². The standard InChI is InChI=1S/C30H32Cl2N4O3.C16H21N3O2.C14H11Cl2NO2/c1-18-16-35(13-14-36(18)20-9-10-21-23(30(37)38-3)17-34(2)26(21)15-20)12-11-22-28(33-39-29(22)19-7-8-19)27-24(31)5-4-6-25(27)32;1-11-9-17-6-7-19(11)12-4-5-13-14(16(20)21-3)10-18(2)15(13)8-12;15-10-2-1-3-11(16)12(10)13-9(6-7-18)14(19-17-13)8-4-5-8/h4-6,9-10,15,17-19H,7-8,11-14,16H2,1-3H3;4-5,8,10-11,17H,6-7,9H2,1-3H3;1-3,7-8H,4-6H2/t18-;11-;/m00./s1. The zero-order valence-electron chi connectivity index (χ0n) is 45.2. The largest absolute Gasteiger partial charge is 0.465 e. The Morgan fingerprint density at radius 3 is 1.61 bits per heavy atom. The molecule has 12 rings (SSSR count). The van der Waals surface area contributed by atoms with E-state index in [9.17, 15) is 14.4 Å². The Morgan fingerprint density at radius 2 is 1.15 bits per heavy atom. The van der Waals surface area contributed by atoms with Gasteiger partial charge in [0, 0.05) is 147 Å². The number of nitrogens with one attached hydrogen (secondary N) is 1. The van der Waals surface area contributed by atoms with E-state index in [-0.39, 0.29) is 18.4 Å². The van der Waals surface area contributed by atoms with Gasteiger partial charge in [-0.1, -0.05) is 68.8 Å². The fourth-order valence-electron chi connectivity index (χ4n) is 11.1. The van der Waals surface area contributed by atoms with Crippen LogP contribution in [0.15, 0.2) is 94.2 Å². The topological polar surface area (TPSA) is 153 Å². The predicted molar refractivity (Wildman–Crippen MR) is 313 cm³/mol. The van der Waals surface area contributed by atoms with Gasteiger partial charge in [0.2, 0.25) is 0 Å². The van der Waals surface area contributed by atoms with Crippen molar-refractivity contribution in [3.8, 4) is 22.5 Å². The minimum absolute atomic E-state index is 0.270. The third-order valence-electron chi connectivity index (χ3n) is 15.5. The summed E-state index contributed by atoms with van der Waals surface area (Å²) >= 11 is 25.5. The van der Waals surface area contributed by atoms with Crippen LogP contribution in [-0.2, 0) is 41.2 Å². The molecule has 15 nitrogen and oxygen atoms in total.